The van der Waals surface area contributed by atoms with Gasteiger partial charge in [-0.15, -0.1) is 24.0 Å². The molecular weight excluding hydrogens is 365 g/mol. The largest absolute Gasteiger partial charge is 0.493 e. The Morgan fingerprint density at radius 2 is 2.05 bits per heavy atom. The quantitative estimate of drug-likeness (QED) is 0.476. The second-order valence-corrected chi connectivity index (χ2v) is 5.40. The summed E-state index contributed by atoms with van der Waals surface area (Å²) in [5, 5.41) is 3.31. The minimum atomic E-state index is 0. The molecule has 1 aromatic rings. The zero-order valence-corrected chi connectivity index (χ0v) is 13.9. The van der Waals surface area contributed by atoms with E-state index < -0.39 is 0 Å². The number of ether oxygens (including phenoxy) is 1. The molecule has 1 unspecified atom stereocenters. The number of nitrogens with zero attached hydrogens (tertiary/aromatic N) is 1. The van der Waals surface area contributed by atoms with Gasteiger partial charge in [0, 0.05) is 17.5 Å². The van der Waals surface area contributed by atoms with E-state index in [1.807, 2.05) is 18.2 Å². The molecule has 1 fully saturated rings. The van der Waals surface area contributed by atoms with Gasteiger partial charge < -0.3 is 15.8 Å². The average molecular weight is 387 g/mol. The Balaban J connectivity index is 0.00000147. The number of hydrogen-bond donors (Lipinski definition) is 2. The van der Waals surface area contributed by atoms with Crippen molar-refractivity contribution in [3.8, 4) is 5.75 Å². The predicted molar refractivity (Wildman–Crippen MR) is 92.0 cm³/mol. The lowest BCUT2D eigenvalue weighted by Crippen LogP contribution is -2.38. The first-order valence-electron chi connectivity index (χ1n) is 7.11. The van der Waals surface area contributed by atoms with Gasteiger partial charge in [-0.25, -0.2) is 0 Å². The van der Waals surface area contributed by atoms with Gasteiger partial charge in [-0.3, -0.25) is 4.99 Å². The highest BCUT2D eigenvalue weighted by molar-refractivity contribution is 14.0. The highest BCUT2D eigenvalue weighted by Crippen LogP contribution is 2.33. The Kier molecular flexibility index (Phi) is 5.51. The van der Waals surface area contributed by atoms with Gasteiger partial charge >= 0.3 is 0 Å². The van der Waals surface area contributed by atoms with Gasteiger partial charge in [0.25, 0.3) is 0 Å². The van der Waals surface area contributed by atoms with Crippen molar-refractivity contribution in [1.29, 1.82) is 0 Å². The molecule has 1 saturated carbocycles. The number of nitrogens with two attached hydrogens (primary N) is 1. The van der Waals surface area contributed by atoms with Crippen molar-refractivity contribution in [2.75, 3.05) is 13.2 Å². The molecule has 0 spiro atoms. The fraction of sp³-hybridized carbons (Fsp3) is 0.533. The second kappa shape index (κ2) is 7.15. The van der Waals surface area contributed by atoms with E-state index in [2.05, 4.69) is 16.4 Å². The molecule has 0 amide bonds. The highest BCUT2D eigenvalue weighted by Gasteiger charge is 2.23. The number of hydrogen-bond acceptors (Lipinski definition) is 2. The summed E-state index contributed by atoms with van der Waals surface area (Å²) < 4.78 is 5.65. The number of aliphatic imine (C=N–C) groups is 1. The molecule has 3 N–H and O–H groups in total. The lowest BCUT2D eigenvalue weighted by atomic mass is 10.0. The van der Waals surface area contributed by atoms with Crippen LogP contribution in [0, 0.1) is 0 Å². The first kappa shape index (κ1) is 15.4. The minimum absolute atomic E-state index is 0. The topological polar surface area (TPSA) is 59.6 Å². The van der Waals surface area contributed by atoms with Crippen molar-refractivity contribution in [2.45, 2.75) is 37.6 Å². The minimum Gasteiger partial charge on any atom is -0.493 e. The maximum Gasteiger partial charge on any atom is 0.188 e. The monoisotopic (exact) mass is 387 g/mol. The molecule has 0 radical (unpaired) electrons. The third-order valence-corrected chi connectivity index (χ3v) is 3.99. The third kappa shape index (κ3) is 3.56. The molecule has 0 bridgehead atoms. The number of benzene rings is 1. The van der Waals surface area contributed by atoms with Crippen LogP contribution in [0.25, 0.3) is 0 Å². The van der Waals surface area contributed by atoms with Crippen LogP contribution in [0.1, 0.15) is 37.2 Å². The lowest BCUT2D eigenvalue weighted by Gasteiger charge is -2.13. The van der Waals surface area contributed by atoms with Crippen LogP contribution in [0.5, 0.6) is 5.75 Å². The van der Waals surface area contributed by atoms with Crippen LogP contribution >= 0.6 is 24.0 Å². The van der Waals surface area contributed by atoms with Crippen molar-refractivity contribution < 1.29 is 4.74 Å². The zero-order valence-electron chi connectivity index (χ0n) is 11.5. The highest BCUT2D eigenvalue weighted by atomic mass is 127. The fourth-order valence-electron chi connectivity index (χ4n) is 2.91. The van der Waals surface area contributed by atoms with E-state index in [9.17, 15) is 0 Å². The zero-order chi connectivity index (χ0) is 13.1. The van der Waals surface area contributed by atoms with Crippen LogP contribution in [0.3, 0.4) is 0 Å². The molecule has 0 aromatic heterocycles. The van der Waals surface area contributed by atoms with E-state index in [1.165, 1.54) is 31.2 Å². The van der Waals surface area contributed by atoms with Crippen LogP contribution in [0.2, 0.25) is 0 Å². The summed E-state index contributed by atoms with van der Waals surface area (Å²) in [6.07, 6.45) is 5.03. The Morgan fingerprint density at radius 1 is 1.30 bits per heavy atom. The van der Waals surface area contributed by atoms with Gasteiger partial charge in [0.2, 0.25) is 0 Å². The number of halogens is 1. The molecule has 4 nitrogen and oxygen atoms in total. The normalized spacial score (nSPS) is 22.0. The van der Waals surface area contributed by atoms with Gasteiger partial charge in [-0.2, -0.15) is 0 Å². The second-order valence-electron chi connectivity index (χ2n) is 5.40. The van der Waals surface area contributed by atoms with Crippen LogP contribution in [0.4, 0.5) is 0 Å². The molecule has 1 aliphatic carbocycles. The molecule has 3 rings (SSSR count). The molecule has 0 saturated heterocycles. The summed E-state index contributed by atoms with van der Waals surface area (Å²) in [6.45, 7) is 1.40. The van der Waals surface area contributed by atoms with Crippen molar-refractivity contribution in [3.05, 3.63) is 29.8 Å². The Bertz CT molecular complexity index is 472. The summed E-state index contributed by atoms with van der Waals surface area (Å²) in [7, 11) is 0. The van der Waals surface area contributed by atoms with Gasteiger partial charge in [-0.1, -0.05) is 31.0 Å². The first-order chi connectivity index (χ1) is 9.33. The Morgan fingerprint density at radius 3 is 2.85 bits per heavy atom. The van der Waals surface area contributed by atoms with E-state index in [-0.39, 0.29) is 24.0 Å². The number of guanidine groups is 1. The van der Waals surface area contributed by atoms with E-state index in [4.69, 9.17) is 10.5 Å². The van der Waals surface area contributed by atoms with Crippen LogP contribution in [-0.2, 0) is 0 Å². The number of para-hydroxylation sites is 1. The van der Waals surface area contributed by atoms with E-state index in [1.54, 1.807) is 0 Å². The van der Waals surface area contributed by atoms with Gasteiger partial charge in [0.15, 0.2) is 5.96 Å². The molecule has 5 heteroatoms. The molecular formula is C15H22IN3O. The summed E-state index contributed by atoms with van der Waals surface area (Å²) in [5.74, 6) is 1.90. The molecule has 1 heterocycles. The van der Waals surface area contributed by atoms with Crippen LogP contribution < -0.4 is 15.8 Å². The van der Waals surface area contributed by atoms with E-state index in [0.29, 0.717) is 31.1 Å². The van der Waals surface area contributed by atoms with Gasteiger partial charge in [-0.05, 0) is 18.9 Å². The molecule has 1 atom stereocenters. The number of nitrogens with one attached hydrogen (secondary N) is 1. The van der Waals surface area contributed by atoms with Crippen molar-refractivity contribution in [1.82, 2.24) is 5.32 Å². The SMILES string of the molecule is I.NC(=NCC1COc2ccccc21)NC1CCCC1. The lowest BCUT2D eigenvalue weighted by molar-refractivity contribution is 0.333. The maximum atomic E-state index is 5.95. The maximum absolute atomic E-state index is 5.95. The molecule has 110 valence electrons. The van der Waals surface area contributed by atoms with Crippen LogP contribution in [-0.4, -0.2) is 25.2 Å². The molecule has 1 aromatic carbocycles. The molecule has 2 aliphatic rings. The average Bonchev–Trinajstić information content (AvgIpc) is 3.05. The number of rotatable bonds is 3. The Labute approximate surface area is 137 Å². The third-order valence-electron chi connectivity index (χ3n) is 3.99. The summed E-state index contributed by atoms with van der Waals surface area (Å²) in [4.78, 5) is 4.47. The predicted octanol–water partition coefficient (Wildman–Crippen LogP) is 2.63. The summed E-state index contributed by atoms with van der Waals surface area (Å²) in [5.41, 5.74) is 7.20. The van der Waals surface area contributed by atoms with Crippen molar-refractivity contribution in [3.63, 3.8) is 0 Å². The van der Waals surface area contributed by atoms with Gasteiger partial charge in [0.1, 0.15) is 5.75 Å². The fourth-order valence-corrected chi connectivity index (χ4v) is 2.91. The number of fused-ring (bicyclic) bond motifs is 1. The molecule has 20 heavy (non-hydrogen) atoms. The summed E-state index contributed by atoms with van der Waals surface area (Å²) >= 11 is 0. The van der Waals surface area contributed by atoms with Gasteiger partial charge in [0.05, 0.1) is 13.2 Å². The first-order valence-corrected chi connectivity index (χ1v) is 7.11. The Hall–Kier alpha value is -0.980. The van der Waals surface area contributed by atoms with Crippen molar-refractivity contribution >= 4 is 29.9 Å². The van der Waals surface area contributed by atoms with Crippen molar-refractivity contribution in [2.24, 2.45) is 10.7 Å². The smallest absolute Gasteiger partial charge is 0.188 e. The van der Waals surface area contributed by atoms with E-state index in [0.717, 1.165) is 5.75 Å². The standard InChI is InChI=1S/C15H21N3O.HI/c16-15(18-12-5-1-2-6-12)17-9-11-10-19-14-8-4-3-7-13(11)14;/h3-4,7-8,11-12H,1-2,5-6,9-10H2,(H3,16,17,18);1H. The summed E-state index contributed by atoms with van der Waals surface area (Å²) in [6, 6.07) is 8.70. The van der Waals surface area contributed by atoms with Crippen LogP contribution in [0.15, 0.2) is 29.3 Å². The van der Waals surface area contributed by atoms with E-state index >= 15 is 0 Å². The molecule has 1 aliphatic heterocycles.